The van der Waals surface area contributed by atoms with Crippen LogP contribution in [0.3, 0.4) is 0 Å². The van der Waals surface area contributed by atoms with E-state index in [0.29, 0.717) is 18.4 Å². The van der Waals surface area contributed by atoms with Crippen LogP contribution in [0.25, 0.3) is 0 Å². The van der Waals surface area contributed by atoms with Gasteiger partial charge in [0, 0.05) is 12.2 Å². The molecule has 0 spiro atoms. The number of nitrogens with one attached hydrogen (secondary N) is 1. The van der Waals surface area contributed by atoms with Crippen molar-refractivity contribution in [2.24, 2.45) is 10.7 Å². The lowest BCUT2D eigenvalue weighted by atomic mass is 10.0. The number of benzene rings is 1. The fourth-order valence-corrected chi connectivity index (χ4v) is 1.66. The van der Waals surface area contributed by atoms with E-state index in [0.717, 1.165) is 18.8 Å². The summed E-state index contributed by atoms with van der Waals surface area (Å²) in [5, 5.41) is 3.14. The van der Waals surface area contributed by atoms with Gasteiger partial charge in [-0.2, -0.15) is 0 Å². The molecule has 4 nitrogen and oxygen atoms in total. The summed E-state index contributed by atoms with van der Waals surface area (Å²) in [5.74, 6) is 0.989. The van der Waals surface area contributed by atoms with E-state index in [1.807, 2.05) is 12.1 Å². The van der Waals surface area contributed by atoms with E-state index in [1.54, 1.807) is 0 Å². The van der Waals surface area contributed by atoms with Crippen LogP contribution in [0, 0.1) is 0 Å². The third kappa shape index (κ3) is 5.75. The number of rotatable bonds is 6. The molecule has 3 N–H and O–H groups in total. The Labute approximate surface area is 116 Å². The van der Waals surface area contributed by atoms with Crippen molar-refractivity contribution in [3.63, 3.8) is 0 Å². The van der Waals surface area contributed by atoms with E-state index in [2.05, 4.69) is 55.2 Å². The molecule has 1 aromatic rings. The molecule has 0 fully saturated rings. The molecule has 0 aliphatic heterocycles. The molecular formula is C15H26N4. The zero-order valence-corrected chi connectivity index (χ0v) is 12.5. The smallest absolute Gasteiger partial charge is 0.193 e. The molecule has 106 valence electrons. The highest BCUT2D eigenvalue weighted by Gasteiger charge is 2.01. The van der Waals surface area contributed by atoms with Gasteiger partial charge in [0.25, 0.3) is 0 Å². The van der Waals surface area contributed by atoms with Crippen LogP contribution < -0.4 is 11.1 Å². The number of nitrogens with two attached hydrogens (primary N) is 1. The molecule has 0 heterocycles. The monoisotopic (exact) mass is 262 g/mol. The average molecular weight is 262 g/mol. The van der Waals surface area contributed by atoms with Gasteiger partial charge in [0.1, 0.15) is 0 Å². The quantitative estimate of drug-likeness (QED) is 0.612. The minimum atomic E-state index is 0.477. The van der Waals surface area contributed by atoms with Gasteiger partial charge in [-0.05, 0) is 37.2 Å². The highest BCUT2D eigenvalue weighted by molar-refractivity contribution is 5.92. The maximum Gasteiger partial charge on any atom is 0.193 e. The highest BCUT2D eigenvalue weighted by atomic mass is 15.1. The molecule has 19 heavy (non-hydrogen) atoms. The predicted octanol–water partition coefficient (Wildman–Crippen LogP) is 2.49. The number of aliphatic imine (C=N–C) groups is 1. The van der Waals surface area contributed by atoms with E-state index < -0.39 is 0 Å². The van der Waals surface area contributed by atoms with Crippen molar-refractivity contribution in [1.29, 1.82) is 0 Å². The maximum atomic E-state index is 5.88. The Balaban J connectivity index is 2.54. The van der Waals surface area contributed by atoms with Gasteiger partial charge in [0.05, 0.1) is 6.54 Å². The third-order valence-corrected chi connectivity index (χ3v) is 3.13. The first-order chi connectivity index (χ1) is 9.02. The molecule has 0 aliphatic carbocycles. The highest BCUT2D eigenvalue weighted by Crippen LogP contribution is 2.18. The van der Waals surface area contributed by atoms with Crippen molar-refractivity contribution >= 4 is 11.6 Å². The Morgan fingerprint density at radius 2 is 2.16 bits per heavy atom. The van der Waals surface area contributed by atoms with Gasteiger partial charge in [-0.1, -0.05) is 32.9 Å². The molecular weight excluding hydrogens is 236 g/mol. The summed E-state index contributed by atoms with van der Waals surface area (Å²) >= 11 is 0. The van der Waals surface area contributed by atoms with Gasteiger partial charge >= 0.3 is 0 Å². The number of hydrogen-bond acceptors (Lipinski definition) is 2. The summed E-state index contributed by atoms with van der Waals surface area (Å²) in [5.41, 5.74) is 8.17. The van der Waals surface area contributed by atoms with E-state index in [-0.39, 0.29) is 0 Å². The number of likely N-dealkylation sites (N-methyl/N-ethyl adjacent to an activating group) is 1. The second kappa shape index (κ2) is 7.79. The normalized spacial score (nSPS) is 12.2. The zero-order chi connectivity index (χ0) is 14.3. The van der Waals surface area contributed by atoms with Crippen molar-refractivity contribution in [1.82, 2.24) is 4.90 Å². The molecule has 0 saturated carbocycles. The minimum absolute atomic E-state index is 0.477. The van der Waals surface area contributed by atoms with Gasteiger partial charge in [-0.15, -0.1) is 0 Å². The van der Waals surface area contributed by atoms with E-state index in [9.17, 15) is 0 Å². The summed E-state index contributed by atoms with van der Waals surface area (Å²) in [6, 6.07) is 8.28. The van der Waals surface area contributed by atoms with Crippen LogP contribution in [0.4, 0.5) is 5.69 Å². The molecule has 0 unspecified atom stereocenters. The van der Waals surface area contributed by atoms with E-state index >= 15 is 0 Å². The lowest BCUT2D eigenvalue weighted by molar-refractivity contribution is 0.363. The van der Waals surface area contributed by atoms with Gasteiger partial charge in [-0.25, -0.2) is 0 Å². The van der Waals surface area contributed by atoms with Crippen molar-refractivity contribution in [2.75, 3.05) is 32.0 Å². The molecule has 0 atom stereocenters. The van der Waals surface area contributed by atoms with Crippen molar-refractivity contribution in [3.8, 4) is 0 Å². The molecule has 1 rings (SSSR count). The Hall–Kier alpha value is -1.55. The summed E-state index contributed by atoms with van der Waals surface area (Å²) in [7, 11) is 2.07. The van der Waals surface area contributed by atoms with Crippen LogP contribution in [-0.4, -0.2) is 37.5 Å². The van der Waals surface area contributed by atoms with Crippen LogP contribution in [0.5, 0.6) is 0 Å². The Bertz CT molecular complexity index is 412. The SMILES string of the molecule is CCN(C)CCN=C(N)Nc1cccc(C(C)C)c1. The largest absolute Gasteiger partial charge is 0.370 e. The number of nitrogens with zero attached hydrogens (tertiary/aromatic N) is 2. The lowest BCUT2D eigenvalue weighted by Crippen LogP contribution is -2.26. The number of hydrogen-bond donors (Lipinski definition) is 2. The summed E-state index contributed by atoms with van der Waals surface area (Å²) in [4.78, 5) is 6.53. The molecule has 0 aliphatic rings. The van der Waals surface area contributed by atoms with Crippen LogP contribution in [0.15, 0.2) is 29.3 Å². The molecule has 0 amide bonds. The van der Waals surface area contributed by atoms with Gasteiger partial charge in [-0.3, -0.25) is 4.99 Å². The molecule has 0 saturated heterocycles. The van der Waals surface area contributed by atoms with E-state index in [4.69, 9.17) is 5.73 Å². The van der Waals surface area contributed by atoms with Gasteiger partial charge < -0.3 is 16.0 Å². The van der Waals surface area contributed by atoms with Crippen LogP contribution in [0.1, 0.15) is 32.3 Å². The lowest BCUT2D eigenvalue weighted by Gasteiger charge is -2.12. The third-order valence-electron chi connectivity index (χ3n) is 3.13. The first-order valence-corrected chi connectivity index (χ1v) is 6.88. The standard InChI is InChI=1S/C15H26N4/c1-5-19(4)10-9-17-15(16)18-14-8-6-7-13(11-14)12(2)3/h6-8,11-12H,5,9-10H2,1-4H3,(H3,16,17,18). The van der Waals surface area contributed by atoms with Gasteiger partial charge in [0.15, 0.2) is 5.96 Å². The molecule has 0 aromatic heterocycles. The average Bonchev–Trinajstić information content (AvgIpc) is 2.38. The van der Waals surface area contributed by atoms with E-state index in [1.165, 1.54) is 5.56 Å². The number of guanidine groups is 1. The maximum absolute atomic E-state index is 5.88. The molecule has 0 radical (unpaired) electrons. The summed E-state index contributed by atoms with van der Waals surface area (Å²) in [6.07, 6.45) is 0. The van der Waals surface area contributed by atoms with Gasteiger partial charge in [0.2, 0.25) is 0 Å². The van der Waals surface area contributed by atoms with Crippen molar-refractivity contribution in [2.45, 2.75) is 26.7 Å². The fraction of sp³-hybridized carbons (Fsp3) is 0.533. The molecule has 1 aromatic carbocycles. The minimum Gasteiger partial charge on any atom is -0.370 e. The second-order valence-corrected chi connectivity index (χ2v) is 5.07. The fourth-order valence-electron chi connectivity index (χ4n) is 1.66. The van der Waals surface area contributed by atoms with Crippen molar-refractivity contribution < 1.29 is 0 Å². The summed E-state index contributed by atoms with van der Waals surface area (Å²) < 4.78 is 0. The summed E-state index contributed by atoms with van der Waals surface area (Å²) in [6.45, 7) is 9.15. The van der Waals surface area contributed by atoms with Crippen LogP contribution in [-0.2, 0) is 0 Å². The predicted molar refractivity (Wildman–Crippen MR) is 83.8 cm³/mol. The zero-order valence-electron chi connectivity index (χ0n) is 12.5. The molecule has 0 bridgehead atoms. The first kappa shape index (κ1) is 15.5. The first-order valence-electron chi connectivity index (χ1n) is 6.88. The Morgan fingerprint density at radius 3 is 2.79 bits per heavy atom. The topological polar surface area (TPSA) is 53.6 Å². The Morgan fingerprint density at radius 1 is 1.42 bits per heavy atom. The Kier molecular flexibility index (Phi) is 6.36. The van der Waals surface area contributed by atoms with Crippen molar-refractivity contribution in [3.05, 3.63) is 29.8 Å². The van der Waals surface area contributed by atoms with Crippen LogP contribution in [0.2, 0.25) is 0 Å². The van der Waals surface area contributed by atoms with Crippen LogP contribution >= 0.6 is 0 Å². The second-order valence-electron chi connectivity index (χ2n) is 5.07. The molecule has 4 heteroatoms. The number of anilines is 1.